The molecule has 0 aromatic rings. The van der Waals surface area contributed by atoms with Gasteiger partial charge in [-0.3, -0.25) is 9.69 Å². The highest BCUT2D eigenvalue weighted by atomic mass is 35.5. The first-order valence-corrected chi connectivity index (χ1v) is 5.95. The van der Waals surface area contributed by atoms with Crippen LogP contribution < -0.4 is 5.73 Å². The zero-order chi connectivity index (χ0) is 12.0. The molecule has 17 heavy (non-hydrogen) atoms. The molecule has 5 nitrogen and oxygen atoms in total. The second-order valence-corrected chi connectivity index (χ2v) is 4.02. The molecule has 2 N–H and O–H groups in total. The van der Waals surface area contributed by atoms with Crippen LogP contribution in [0.2, 0.25) is 0 Å². The minimum atomic E-state index is -0.929. The Labute approximate surface area is 109 Å². The zero-order valence-electron chi connectivity index (χ0n) is 10.6. The van der Waals surface area contributed by atoms with Crippen molar-refractivity contribution in [2.24, 2.45) is 5.73 Å². The van der Waals surface area contributed by atoms with Crippen molar-refractivity contribution >= 4 is 18.3 Å². The van der Waals surface area contributed by atoms with Gasteiger partial charge in [-0.25, -0.2) is 0 Å². The summed E-state index contributed by atoms with van der Waals surface area (Å²) in [5.41, 5.74) is 5.19. The number of halogens is 1. The monoisotopic (exact) mass is 266 g/mol. The molecule has 0 saturated carbocycles. The smallest absolute Gasteiger partial charge is 0.274 e. The van der Waals surface area contributed by atoms with Crippen LogP contribution in [0, 0.1) is 0 Å². The van der Waals surface area contributed by atoms with Crippen LogP contribution in [-0.4, -0.2) is 43.0 Å². The Morgan fingerprint density at radius 2 is 1.94 bits per heavy atom. The summed E-state index contributed by atoms with van der Waals surface area (Å²) in [5.74, 6) is -0.564. The van der Waals surface area contributed by atoms with Gasteiger partial charge in [0.25, 0.3) is 5.91 Å². The minimum absolute atomic E-state index is 0. The largest absolute Gasteiger partial charge is 0.365 e. The Morgan fingerprint density at radius 1 is 1.35 bits per heavy atom. The summed E-state index contributed by atoms with van der Waals surface area (Å²) < 4.78 is 10.7. The third kappa shape index (κ3) is 5.68. The van der Waals surface area contributed by atoms with E-state index in [1.807, 2.05) is 13.8 Å². The number of primary amides is 1. The SMILES string of the molecule is CCOC(OC(C)N1CCCCC1)C(N)=O.Cl. The molecular weight excluding hydrogens is 244 g/mol. The predicted octanol–water partition coefficient (Wildman–Crippen LogP) is 1.10. The average Bonchev–Trinajstić information content (AvgIpc) is 2.29. The van der Waals surface area contributed by atoms with Gasteiger partial charge in [0.1, 0.15) is 6.23 Å². The Kier molecular flexibility index (Phi) is 8.51. The lowest BCUT2D eigenvalue weighted by Gasteiger charge is -2.33. The second kappa shape index (κ2) is 8.69. The summed E-state index contributed by atoms with van der Waals surface area (Å²) in [7, 11) is 0. The maximum atomic E-state index is 11.1. The Hall–Kier alpha value is -0.360. The van der Waals surface area contributed by atoms with E-state index in [9.17, 15) is 4.79 Å². The summed E-state index contributed by atoms with van der Waals surface area (Å²) in [4.78, 5) is 13.3. The van der Waals surface area contributed by atoms with E-state index in [-0.39, 0.29) is 18.6 Å². The molecular formula is C11H23ClN2O3. The highest BCUT2D eigenvalue weighted by Gasteiger charge is 2.24. The number of hydrogen-bond donors (Lipinski definition) is 1. The van der Waals surface area contributed by atoms with E-state index in [1.54, 1.807) is 0 Å². The van der Waals surface area contributed by atoms with Crippen molar-refractivity contribution in [2.75, 3.05) is 19.7 Å². The summed E-state index contributed by atoms with van der Waals surface area (Å²) in [5, 5.41) is 0. The molecule has 2 atom stereocenters. The fourth-order valence-corrected chi connectivity index (χ4v) is 1.89. The predicted molar refractivity (Wildman–Crippen MR) is 67.8 cm³/mol. The van der Waals surface area contributed by atoms with Gasteiger partial charge in [-0.15, -0.1) is 12.4 Å². The molecule has 0 aliphatic carbocycles. The molecule has 0 spiro atoms. The number of carbonyl (C=O) groups is 1. The maximum absolute atomic E-state index is 11.1. The number of likely N-dealkylation sites (tertiary alicyclic amines) is 1. The highest BCUT2D eigenvalue weighted by molar-refractivity contribution is 5.85. The number of nitrogens with zero attached hydrogens (tertiary/aromatic N) is 1. The van der Waals surface area contributed by atoms with Crippen molar-refractivity contribution in [1.29, 1.82) is 0 Å². The van der Waals surface area contributed by atoms with Crippen LogP contribution >= 0.6 is 12.4 Å². The summed E-state index contributed by atoms with van der Waals surface area (Å²) >= 11 is 0. The third-order valence-corrected chi connectivity index (χ3v) is 2.78. The lowest BCUT2D eigenvalue weighted by molar-refractivity contribution is -0.202. The fourth-order valence-electron chi connectivity index (χ4n) is 1.89. The molecule has 1 saturated heterocycles. The van der Waals surface area contributed by atoms with Gasteiger partial charge in [0.15, 0.2) is 0 Å². The van der Waals surface area contributed by atoms with Gasteiger partial charge in [-0.05, 0) is 26.7 Å². The van der Waals surface area contributed by atoms with Crippen molar-refractivity contribution in [3.63, 3.8) is 0 Å². The molecule has 1 heterocycles. The highest BCUT2D eigenvalue weighted by Crippen LogP contribution is 2.14. The van der Waals surface area contributed by atoms with Crippen molar-refractivity contribution in [3.05, 3.63) is 0 Å². The molecule has 102 valence electrons. The number of rotatable bonds is 6. The lowest BCUT2D eigenvalue weighted by Crippen LogP contribution is -2.44. The zero-order valence-corrected chi connectivity index (χ0v) is 11.4. The average molecular weight is 267 g/mol. The molecule has 0 radical (unpaired) electrons. The first-order valence-electron chi connectivity index (χ1n) is 5.95. The van der Waals surface area contributed by atoms with Gasteiger partial charge in [0.05, 0.1) is 0 Å². The molecule has 6 heteroatoms. The van der Waals surface area contributed by atoms with E-state index in [2.05, 4.69) is 4.90 Å². The van der Waals surface area contributed by atoms with Crippen molar-refractivity contribution < 1.29 is 14.3 Å². The van der Waals surface area contributed by atoms with Gasteiger partial charge >= 0.3 is 0 Å². The van der Waals surface area contributed by atoms with Crippen LogP contribution in [0.5, 0.6) is 0 Å². The Morgan fingerprint density at radius 3 is 2.41 bits per heavy atom. The maximum Gasteiger partial charge on any atom is 0.274 e. The topological polar surface area (TPSA) is 64.8 Å². The first-order chi connectivity index (χ1) is 7.65. The van der Waals surface area contributed by atoms with E-state index in [4.69, 9.17) is 15.2 Å². The van der Waals surface area contributed by atoms with Crippen LogP contribution in [0.4, 0.5) is 0 Å². The van der Waals surface area contributed by atoms with Crippen LogP contribution in [0.1, 0.15) is 33.1 Å². The van der Waals surface area contributed by atoms with E-state index in [1.165, 1.54) is 19.3 Å². The molecule has 1 fully saturated rings. The van der Waals surface area contributed by atoms with Gasteiger partial charge in [0, 0.05) is 19.7 Å². The molecule has 0 aromatic carbocycles. The fraction of sp³-hybridized carbons (Fsp3) is 0.909. The number of nitrogens with two attached hydrogens (primary N) is 1. The Bertz CT molecular complexity index is 223. The molecule has 1 amide bonds. The summed E-state index contributed by atoms with van der Waals surface area (Å²) in [6, 6.07) is 0. The van der Waals surface area contributed by atoms with Gasteiger partial charge < -0.3 is 15.2 Å². The minimum Gasteiger partial charge on any atom is -0.365 e. The lowest BCUT2D eigenvalue weighted by atomic mass is 10.1. The van der Waals surface area contributed by atoms with Crippen LogP contribution in [-0.2, 0) is 14.3 Å². The van der Waals surface area contributed by atoms with Gasteiger partial charge in [-0.2, -0.15) is 0 Å². The Balaban J connectivity index is 0.00000256. The van der Waals surface area contributed by atoms with Crippen molar-refractivity contribution in [3.8, 4) is 0 Å². The van der Waals surface area contributed by atoms with Crippen LogP contribution in [0.3, 0.4) is 0 Å². The van der Waals surface area contributed by atoms with Crippen LogP contribution in [0.15, 0.2) is 0 Å². The van der Waals surface area contributed by atoms with E-state index in [0.29, 0.717) is 6.61 Å². The van der Waals surface area contributed by atoms with E-state index >= 15 is 0 Å². The summed E-state index contributed by atoms with van der Waals surface area (Å²) in [6.07, 6.45) is 2.59. The number of ether oxygens (including phenoxy) is 2. The first kappa shape index (κ1) is 16.6. The van der Waals surface area contributed by atoms with Gasteiger partial charge in [0.2, 0.25) is 6.29 Å². The summed E-state index contributed by atoms with van der Waals surface area (Å²) in [6.45, 7) is 6.18. The number of carbonyl (C=O) groups excluding carboxylic acids is 1. The molecule has 0 bridgehead atoms. The van der Waals surface area contributed by atoms with E-state index in [0.717, 1.165) is 13.1 Å². The van der Waals surface area contributed by atoms with E-state index < -0.39 is 12.2 Å². The van der Waals surface area contributed by atoms with Crippen molar-refractivity contribution in [2.45, 2.75) is 45.6 Å². The number of amides is 1. The second-order valence-electron chi connectivity index (χ2n) is 4.02. The number of hydrogen-bond acceptors (Lipinski definition) is 4. The van der Waals surface area contributed by atoms with Crippen molar-refractivity contribution in [1.82, 2.24) is 4.90 Å². The third-order valence-electron chi connectivity index (χ3n) is 2.78. The molecule has 1 aliphatic heterocycles. The molecule has 1 aliphatic rings. The quantitative estimate of drug-likeness (QED) is 0.732. The molecule has 0 aromatic heterocycles. The van der Waals surface area contributed by atoms with Gasteiger partial charge in [-0.1, -0.05) is 6.42 Å². The molecule has 1 rings (SSSR count). The number of piperidine rings is 1. The van der Waals surface area contributed by atoms with Crippen LogP contribution in [0.25, 0.3) is 0 Å². The molecule has 2 unspecified atom stereocenters. The standard InChI is InChI=1S/C11H22N2O3.ClH/c1-3-15-11(10(12)14)16-9(2)13-7-5-4-6-8-13;/h9,11H,3-8H2,1-2H3,(H2,12,14);1H. The normalized spacial score (nSPS) is 20.4.